The molecule has 0 bridgehead atoms. The van der Waals surface area contributed by atoms with Gasteiger partial charge in [0.2, 0.25) is 0 Å². The van der Waals surface area contributed by atoms with Crippen LogP contribution >= 0.6 is 11.3 Å². The summed E-state index contributed by atoms with van der Waals surface area (Å²) in [6.07, 6.45) is 1.51. The van der Waals surface area contributed by atoms with E-state index < -0.39 is 10.0 Å². The van der Waals surface area contributed by atoms with Crippen molar-refractivity contribution in [2.24, 2.45) is 0 Å². The number of hydrogen-bond acceptors (Lipinski definition) is 6. The summed E-state index contributed by atoms with van der Waals surface area (Å²) in [4.78, 5) is 19.6. The second-order valence-electron chi connectivity index (χ2n) is 7.58. The number of halogens is 1. The molecule has 5 aromatic rings. The third-order valence-electron chi connectivity index (χ3n) is 5.15. The van der Waals surface area contributed by atoms with Gasteiger partial charge < -0.3 is 4.42 Å². The number of thiazole rings is 1. The highest BCUT2D eigenvalue weighted by Crippen LogP contribution is 2.31. The molecule has 0 saturated heterocycles. The molecule has 0 spiro atoms. The Morgan fingerprint density at radius 1 is 1.00 bits per heavy atom. The van der Waals surface area contributed by atoms with Gasteiger partial charge in [0, 0.05) is 11.3 Å². The Hall–Kier alpha value is -4.02. The highest BCUT2D eigenvalue weighted by molar-refractivity contribution is 7.92. The number of sulfonamides is 1. The lowest BCUT2D eigenvalue weighted by molar-refractivity contribution is 0.0983. The average Bonchev–Trinajstić information content (AvgIpc) is 3.52. The molecule has 0 aliphatic carbocycles. The van der Waals surface area contributed by atoms with Crippen LogP contribution in [0.1, 0.15) is 16.1 Å². The molecule has 2 heterocycles. The van der Waals surface area contributed by atoms with E-state index in [2.05, 4.69) is 9.71 Å². The molecule has 0 radical (unpaired) electrons. The molecule has 0 saturated carbocycles. The average molecular weight is 508 g/mol. The summed E-state index contributed by atoms with van der Waals surface area (Å²) < 4.78 is 47.4. The van der Waals surface area contributed by atoms with Crippen LogP contribution in [0.3, 0.4) is 0 Å². The molecule has 0 aliphatic heterocycles. The molecule has 1 amide bonds. The monoisotopic (exact) mass is 507 g/mol. The standard InChI is InChI=1S/C25H18FN3O4S2/c26-18-10-13-22-23(15-18)34-25(27-22)29(16-20-5-4-14-33-20)24(30)17-8-11-19(12-9-17)28-35(31,32)21-6-2-1-3-7-21/h1-15,28H,16H2. The number of nitrogens with one attached hydrogen (secondary N) is 1. The van der Waals surface area contributed by atoms with Gasteiger partial charge in [-0.2, -0.15) is 0 Å². The number of rotatable bonds is 7. The minimum atomic E-state index is -3.76. The molecule has 0 unspecified atom stereocenters. The van der Waals surface area contributed by atoms with Crippen molar-refractivity contribution < 1.29 is 22.0 Å². The van der Waals surface area contributed by atoms with E-state index in [-0.39, 0.29) is 23.2 Å². The first kappa shape index (κ1) is 22.8. The van der Waals surface area contributed by atoms with E-state index in [0.29, 0.717) is 32.4 Å². The number of furan rings is 1. The summed E-state index contributed by atoms with van der Waals surface area (Å²) in [5.74, 6) is -0.195. The largest absolute Gasteiger partial charge is 0.467 e. The number of hydrogen-bond donors (Lipinski definition) is 1. The molecule has 0 aliphatic rings. The molecule has 176 valence electrons. The van der Waals surface area contributed by atoms with Gasteiger partial charge in [0.25, 0.3) is 15.9 Å². The van der Waals surface area contributed by atoms with Crippen LogP contribution in [0, 0.1) is 5.82 Å². The second kappa shape index (κ2) is 9.32. The van der Waals surface area contributed by atoms with Gasteiger partial charge >= 0.3 is 0 Å². The van der Waals surface area contributed by atoms with E-state index in [0.717, 1.165) is 0 Å². The van der Waals surface area contributed by atoms with Gasteiger partial charge in [-0.05, 0) is 66.7 Å². The Morgan fingerprint density at radius 2 is 1.77 bits per heavy atom. The van der Waals surface area contributed by atoms with Gasteiger partial charge in [-0.1, -0.05) is 29.5 Å². The zero-order chi connectivity index (χ0) is 24.4. The van der Waals surface area contributed by atoms with Crippen molar-refractivity contribution in [1.82, 2.24) is 4.98 Å². The number of benzene rings is 3. The molecular weight excluding hydrogens is 489 g/mol. The number of amides is 1. The van der Waals surface area contributed by atoms with E-state index in [4.69, 9.17) is 4.42 Å². The Kier molecular flexibility index (Phi) is 6.06. The van der Waals surface area contributed by atoms with Crippen molar-refractivity contribution in [2.45, 2.75) is 11.4 Å². The first-order chi connectivity index (χ1) is 16.9. The van der Waals surface area contributed by atoms with Crippen LogP contribution in [0.5, 0.6) is 0 Å². The number of carbonyl (C=O) groups is 1. The van der Waals surface area contributed by atoms with Crippen LogP contribution < -0.4 is 9.62 Å². The lowest BCUT2D eigenvalue weighted by Gasteiger charge is -2.19. The van der Waals surface area contributed by atoms with Crippen LogP contribution in [0.15, 0.2) is 101 Å². The zero-order valence-electron chi connectivity index (χ0n) is 18.1. The predicted molar refractivity (Wildman–Crippen MR) is 132 cm³/mol. The van der Waals surface area contributed by atoms with Gasteiger partial charge in [-0.15, -0.1) is 0 Å². The highest BCUT2D eigenvalue weighted by atomic mass is 32.2. The van der Waals surface area contributed by atoms with E-state index in [1.54, 1.807) is 36.4 Å². The molecule has 0 atom stereocenters. The Morgan fingerprint density at radius 3 is 2.49 bits per heavy atom. The fourth-order valence-electron chi connectivity index (χ4n) is 3.44. The normalized spacial score (nSPS) is 11.5. The maximum absolute atomic E-state index is 13.7. The number of carbonyl (C=O) groups excluding carboxylic acids is 1. The van der Waals surface area contributed by atoms with Gasteiger partial charge in [0.15, 0.2) is 5.13 Å². The number of fused-ring (bicyclic) bond motifs is 1. The summed E-state index contributed by atoms with van der Waals surface area (Å²) in [5, 5.41) is 0.390. The Labute approximate surface area is 204 Å². The highest BCUT2D eigenvalue weighted by Gasteiger charge is 2.23. The van der Waals surface area contributed by atoms with Gasteiger partial charge in [0.05, 0.1) is 27.9 Å². The Bertz CT molecular complexity index is 1580. The molecule has 5 rings (SSSR count). The minimum absolute atomic E-state index is 0.122. The van der Waals surface area contributed by atoms with Gasteiger partial charge in [0.1, 0.15) is 11.6 Å². The summed E-state index contributed by atoms with van der Waals surface area (Å²) >= 11 is 1.19. The summed E-state index contributed by atoms with van der Waals surface area (Å²) in [6, 6.07) is 21.8. The maximum Gasteiger partial charge on any atom is 0.261 e. The van der Waals surface area contributed by atoms with Crippen molar-refractivity contribution in [2.75, 3.05) is 9.62 Å². The maximum atomic E-state index is 13.7. The van der Waals surface area contributed by atoms with Gasteiger partial charge in [-0.3, -0.25) is 14.4 Å². The zero-order valence-corrected chi connectivity index (χ0v) is 19.7. The molecule has 3 aromatic carbocycles. The van der Waals surface area contributed by atoms with Crippen LogP contribution in [0.25, 0.3) is 10.2 Å². The lowest BCUT2D eigenvalue weighted by Crippen LogP contribution is -2.30. The summed E-state index contributed by atoms with van der Waals surface area (Å²) in [6.45, 7) is 0.122. The molecule has 7 nitrogen and oxygen atoms in total. The van der Waals surface area contributed by atoms with Crippen LogP contribution in [-0.4, -0.2) is 19.3 Å². The topological polar surface area (TPSA) is 92.5 Å². The minimum Gasteiger partial charge on any atom is -0.467 e. The SMILES string of the molecule is O=C(c1ccc(NS(=O)(=O)c2ccccc2)cc1)N(Cc1ccco1)c1nc2ccc(F)cc2s1. The summed E-state index contributed by atoms with van der Waals surface area (Å²) in [5.41, 5.74) is 1.22. The predicted octanol–water partition coefficient (Wildman–Crippen LogP) is 5.68. The van der Waals surface area contributed by atoms with E-state index in [1.165, 1.54) is 71.0 Å². The van der Waals surface area contributed by atoms with Gasteiger partial charge in [-0.25, -0.2) is 17.8 Å². The van der Waals surface area contributed by atoms with Crippen LogP contribution in [0.4, 0.5) is 15.2 Å². The molecule has 1 N–H and O–H groups in total. The van der Waals surface area contributed by atoms with Crippen molar-refractivity contribution in [3.63, 3.8) is 0 Å². The number of anilines is 2. The lowest BCUT2D eigenvalue weighted by atomic mass is 10.2. The molecule has 0 fully saturated rings. The third kappa shape index (κ3) is 4.93. The third-order valence-corrected chi connectivity index (χ3v) is 7.59. The fraction of sp³-hybridized carbons (Fsp3) is 0.0400. The van der Waals surface area contributed by atoms with Crippen LogP contribution in [-0.2, 0) is 16.6 Å². The van der Waals surface area contributed by atoms with Crippen molar-refractivity contribution in [3.8, 4) is 0 Å². The first-order valence-electron chi connectivity index (χ1n) is 10.5. The first-order valence-corrected chi connectivity index (χ1v) is 12.8. The smallest absolute Gasteiger partial charge is 0.261 e. The molecule has 35 heavy (non-hydrogen) atoms. The van der Waals surface area contributed by atoms with Crippen molar-refractivity contribution >= 4 is 48.3 Å². The van der Waals surface area contributed by atoms with E-state index in [1.807, 2.05) is 0 Å². The van der Waals surface area contributed by atoms with E-state index in [9.17, 15) is 17.6 Å². The van der Waals surface area contributed by atoms with E-state index >= 15 is 0 Å². The van der Waals surface area contributed by atoms with Crippen molar-refractivity contribution in [1.29, 1.82) is 0 Å². The van der Waals surface area contributed by atoms with Crippen LogP contribution in [0.2, 0.25) is 0 Å². The molecule has 2 aromatic heterocycles. The molecular formula is C25H18FN3O4S2. The number of nitrogens with zero attached hydrogens (tertiary/aromatic N) is 2. The molecule has 10 heteroatoms. The summed E-state index contributed by atoms with van der Waals surface area (Å²) in [7, 11) is -3.76. The quantitative estimate of drug-likeness (QED) is 0.306. The van der Waals surface area contributed by atoms with Crippen molar-refractivity contribution in [3.05, 3.63) is 108 Å². The second-order valence-corrected chi connectivity index (χ2v) is 10.3. The fourth-order valence-corrected chi connectivity index (χ4v) is 5.50. The Balaban J connectivity index is 1.43. The number of aromatic nitrogens is 1.